The maximum atomic E-state index is 12.5. The highest BCUT2D eigenvalue weighted by molar-refractivity contribution is 5.81. The van der Waals surface area contributed by atoms with Crippen LogP contribution in [0.4, 0.5) is 0 Å². The lowest BCUT2D eigenvalue weighted by molar-refractivity contribution is -0.132. The van der Waals surface area contributed by atoms with Crippen molar-refractivity contribution in [2.24, 2.45) is 7.05 Å². The van der Waals surface area contributed by atoms with Crippen LogP contribution in [0, 0.1) is 13.8 Å². The Morgan fingerprint density at radius 1 is 1.38 bits per heavy atom. The summed E-state index contributed by atoms with van der Waals surface area (Å²) in [7, 11) is 1.78. The van der Waals surface area contributed by atoms with Gasteiger partial charge in [0.2, 0.25) is 5.91 Å². The van der Waals surface area contributed by atoms with E-state index in [1.807, 2.05) is 18.7 Å². The summed E-state index contributed by atoms with van der Waals surface area (Å²) in [6, 6.07) is 0.340. The van der Waals surface area contributed by atoms with E-state index in [0.29, 0.717) is 29.9 Å². The summed E-state index contributed by atoms with van der Waals surface area (Å²) in [4.78, 5) is 31.1. The zero-order valence-electron chi connectivity index (χ0n) is 14.8. The van der Waals surface area contributed by atoms with E-state index >= 15 is 0 Å². The quantitative estimate of drug-likeness (QED) is 0.864. The van der Waals surface area contributed by atoms with Crippen LogP contribution in [-0.4, -0.2) is 51.2 Å². The number of piperazine rings is 1. The number of aromatic amines is 1. The molecule has 0 aliphatic carbocycles. The number of pyridine rings is 1. The average molecular weight is 331 g/mol. The molecule has 1 saturated heterocycles. The lowest BCUT2D eigenvalue weighted by Crippen LogP contribution is -2.51. The molecule has 1 aliphatic rings. The third kappa shape index (κ3) is 2.96. The highest BCUT2D eigenvalue weighted by atomic mass is 16.2. The zero-order chi connectivity index (χ0) is 17.4. The van der Waals surface area contributed by atoms with Gasteiger partial charge in [-0.05, 0) is 38.3 Å². The molecule has 3 rings (SSSR count). The van der Waals surface area contributed by atoms with Crippen molar-refractivity contribution in [1.82, 2.24) is 25.0 Å². The fourth-order valence-corrected chi connectivity index (χ4v) is 3.57. The van der Waals surface area contributed by atoms with Crippen LogP contribution in [-0.2, 0) is 18.3 Å². The minimum atomic E-state index is -0.124. The molecule has 1 amide bonds. The molecule has 1 atom stereocenters. The first-order chi connectivity index (χ1) is 11.4. The number of carbonyl (C=O) groups is 1. The number of nitrogens with one attached hydrogen (secondary N) is 2. The summed E-state index contributed by atoms with van der Waals surface area (Å²) in [6.07, 6.45) is 1.07. The van der Waals surface area contributed by atoms with Crippen molar-refractivity contribution in [3.8, 4) is 0 Å². The molecule has 0 radical (unpaired) electrons. The fraction of sp³-hybridized carbons (Fsp3) is 0.588. The Labute approximate surface area is 141 Å². The molecular formula is C17H25N5O2. The molecule has 0 aromatic carbocycles. The molecule has 2 aromatic heterocycles. The fourth-order valence-electron chi connectivity index (χ4n) is 3.57. The van der Waals surface area contributed by atoms with E-state index in [1.54, 1.807) is 11.7 Å². The predicted molar refractivity (Wildman–Crippen MR) is 93.2 cm³/mol. The summed E-state index contributed by atoms with van der Waals surface area (Å²) in [5, 5.41) is 6.72. The Morgan fingerprint density at radius 3 is 2.83 bits per heavy atom. The van der Waals surface area contributed by atoms with Gasteiger partial charge in [-0.3, -0.25) is 19.4 Å². The van der Waals surface area contributed by atoms with Gasteiger partial charge in [-0.25, -0.2) is 4.98 Å². The first-order valence-electron chi connectivity index (χ1n) is 8.44. The summed E-state index contributed by atoms with van der Waals surface area (Å²) in [5.41, 5.74) is 3.37. The largest absolute Gasteiger partial charge is 0.340 e. The standard InChI is InChI=1S/C17H25N5O2/c1-10-9-22(8-7-18-10)14(23)6-5-13-11(2)15-16(19-12(13)3)21(4)20-17(15)24/h10,18H,5-9H2,1-4H3,(H,20,24)/t10-/m0/s1. The maximum Gasteiger partial charge on any atom is 0.273 e. The number of hydrogen-bond acceptors (Lipinski definition) is 4. The topological polar surface area (TPSA) is 83.0 Å². The molecule has 3 heterocycles. The monoisotopic (exact) mass is 331 g/mol. The Kier molecular flexibility index (Phi) is 4.45. The van der Waals surface area contributed by atoms with Crippen LogP contribution >= 0.6 is 0 Å². The summed E-state index contributed by atoms with van der Waals surface area (Å²) < 4.78 is 1.65. The second-order valence-corrected chi connectivity index (χ2v) is 6.69. The van der Waals surface area contributed by atoms with Gasteiger partial charge in [0, 0.05) is 44.8 Å². The number of fused-ring (bicyclic) bond motifs is 1. The third-order valence-corrected chi connectivity index (χ3v) is 4.89. The van der Waals surface area contributed by atoms with Crippen molar-refractivity contribution in [3.63, 3.8) is 0 Å². The van der Waals surface area contributed by atoms with Gasteiger partial charge in [-0.15, -0.1) is 0 Å². The second kappa shape index (κ2) is 6.39. The molecule has 0 saturated carbocycles. The Hall–Kier alpha value is -2.15. The Morgan fingerprint density at radius 2 is 2.12 bits per heavy atom. The molecule has 130 valence electrons. The van der Waals surface area contributed by atoms with Crippen LogP contribution in [0.5, 0.6) is 0 Å². The van der Waals surface area contributed by atoms with E-state index in [-0.39, 0.29) is 11.5 Å². The van der Waals surface area contributed by atoms with E-state index < -0.39 is 0 Å². The van der Waals surface area contributed by atoms with Crippen LogP contribution in [0.3, 0.4) is 0 Å². The summed E-state index contributed by atoms with van der Waals surface area (Å²) >= 11 is 0. The maximum absolute atomic E-state index is 12.5. The van der Waals surface area contributed by atoms with Gasteiger partial charge >= 0.3 is 0 Å². The van der Waals surface area contributed by atoms with Crippen LogP contribution in [0.2, 0.25) is 0 Å². The molecular weight excluding hydrogens is 306 g/mol. The second-order valence-electron chi connectivity index (χ2n) is 6.69. The normalized spacial score (nSPS) is 18.3. The number of aryl methyl sites for hydroxylation is 3. The number of aromatic nitrogens is 3. The minimum absolute atomic E-state index is 0.124. The number of nitrogens with zero attached hydrogens (tertiary/aromatic N) is 3. The molecule has 0 unspecified atom stereocenters. The van der Waals surface area contributed by atoms with E-state index in [2.05, 4.69) is 22.3 Å². The van der Waals surface area contributed by atoms with Crippen molar-refractivity contribution in [2.45, 2.75) is 39.7 Å². The molecule has 2 N–H and O–H groups in total. The van der Waals surface area contributed by atoms with Crippen LogP contribution < -0.4 is 10.9 Å². The SMILES string of the molecule is Cc1nc2c(c(C)c1CCC(=O)N1CCN[C@@H](C)C1)c(=O)[nH]n2C. The molecule has 0 spiro atoms. The van der Waals surface area contributed by atoms with Crippen molar-refractivity contribution < 1.29 is 4.79 Å². The molecule has 24 heavy (non-hydrogen) atoms. The van der Waals surface area contributed by atoms with Gasteiger partial charge in [-0.1, -0.05) is 0 Å². The van der Waals surface area contributed by atoms with E-state index in [9.17, 15) is 9.59 Å². The zero-order valence-corrected chi connectivity index (χ0v) is 14.8. The molecule has 0 bridgehead atoms. The van der Waals surface area contributed by atoms with Crippen molar-refractivity contribution in [3.05, 3.63) is 27.2 Å². The molecule has 7 nitrogen and oxygen atoms in total. The molecule has 1 fully saturated rings. The molecule has 1 aliphatic heterocycles. The number of H-pyrrole nitrogens is 1. The third-order valence-electron chi connectivity index (χ3n) is 4.89. The summed E-state index contributed by atoms with van der Waals surface area (Å²) in [5.74, 6) is 0.171. The lowest BCUT2D eigenvalue weighted by atomic mass is 10.00. The van der Waals surface area contributed by atoms with Gasteiger partial charge in [0.25, 0.3) is 5.56 Å². The molecule has 2 aromatic rings. The van der Waals surface area contributed by atoms with Gasteiger partial charge < -0.3 is 10.2 Å². The van der Waals surface area contributed by atoms with Gasteiger partial charge in [0.05, 0.1) is 5.39 Å². The first kappa shape index (κ1) is 16.7. The Bertz CT molecular complexity index is 836. The van der Waals surface area contributed by atoms with Crippen molar-refractivity contribution >= 4 is 16.9 Å². The number of amides is 1. The lowest BCUT2D eigenvalue weighted by Gasteiger charge is -2.32. The van der Waals surface area contributed by atoms with Crippen LogP contribution in [0.1, 0.15) is 30.2 Å². The highest BCUT2D eigenvalue weighted by Gasteiger charge is 2.21. The highest BCUT2D eigenvalue weighted by Crippen LogP contribution is 2.21. The van der Waals surface area contributed by atoms with Gasteiger partial charge in [0.1, 0.15) is 0 Å². The van der Waals surface area contributed by atoms with E-state index in [1.165, 1.54) is 0 Å². The summed E-state index contributed by atoms with van der Waals surface area (Å²) in [6.45, 7) is 8.34. The van der Waals surface area contributed by atoms with Crippen molar-refractivity contribution in [1.29, 1.82) is 0 Å². The van der Waals surface area contributed by atoms with E-state index in [4.69, 9.17) is 0 Å². The smallest absolute Gasteiger partial charge is 0.273 e. The van der Waals surface area contributed by atoms with Crippen LogP contribution in [0.15, 0.2) is 4.79 Å². The van der Waals surface area contributed by atoms with E-state index in [0.717, 1.165) is 36.5 Å². The van der Waals surface area contributed by atoms with Gasteiger partial charge in [-0.2, -0.15) is 0 Å². The minimum Gasteiger partial charge on any atom is -0.340 e. The Balaban J connectivity index is 1.81. The first-order valence-corrected chi connectivity index (χ1v) is 8.44. The van der Waals surface area contributed by atoms with Crippen LogP contribution in [0.25, 0.3) is 11.0 Å². The number of rotatable bonds is 3. The van der Waals surface area contributed by atoms with Crippen molar-refractivity contribution in [2.75, 3.05) is 19.6 Å². The van der Waals surface area contributed by atoms with Gasteiger partial charge in [0.15, 0.2) is 5.65 Å². The average Bonchev–Trinajstić information content (AvgIpc) is 2.81. The number of carbonyl (C=O) groups excluding carboxylic acids is 1. The number of hydrogen-bond donors (Lipinski definition) is 2. The molecule has 7 heteroatoms. The predicted octanol–water partition coefficient (Wildman–Crippen LogP) is 0.631.